The number of carbonyl (C=O) groups is 1. The zero-order chi connectivity index (χ0) is 17.8. The summed E-state index contributed by atoms with van der Waals surface area (Å²) in [5, 5.41) is 18.3. The third-order valence-corrected chi connectivity index (χ3v) is 4.53. The first-order valence-corrected chi connectivity index (χ1v) is 8.68. The van der Waals surface area contributed by atoms with Gasteiger partial charge in [0.15, 0.2) is 0 Å². The highest BCUT2D eigenvalue weighted by molar-refractivity contribution is 7.14. The molecular formula is C17H10Cl2N3O2S-. The summed E-state index contributed by atoms with van der Waals surface area (Å²) in [6, 6.07) is 11.4. The second-order valence-corrected chi connectivity index (χ2v) is 6.64. The average Bonchev–Trinajstić information content (AvgIpc) is 3.04. The van der Waals surface area contributed by atoms with Crippen molar-refractivity contribution in [1.82, 2.24) is 4.98 Å². The van der Waals surface area contributed by atoms with E-state index in [-0.39, 0.29) is 5.56 Å². The predicted molar refractivity (Wildman–Crippen MR) is 99.6 cm³/mol. The standard InChI is InChI=1S/C17H11Cl2N3O2S/c18-12-5-6-13(14(19)7-12)15-9-25-17(21-15)22-20-8-10-1-3-11(4-2-10)16(23)24/h1-9H,(H,21,22)(H,23,24)/p-1/b20-8-. The summed E-state index contributed by atoms with van der Waals surface area (Å²) in [5.41, 5.74) is 5.21. The van der Waals surface area contributed by atoms with Crippen LogP contribution in [-0.2, 0) is 0 Å². The third-order valence-electron chi connectivity index (χ3n) is 3.23. The van der Waals surface area contributed by atoms with Crippen molar-refractivity contribution in [3.05, 3.63) is 69.0 Å². The molecule has 0 atom stereocenters. The molecule has 0 aliphatic heterocycles. The van der Waals surface area contributed by atoms with Gasteiger partial charge in [0.05, 0.1) is 22.9 Å². The van der Waals surface area contributed by atoms with E-state index in [0.717, 1.165) is 16.8 Å². The molecule has 0 spiro atoms. The van der Waals surface area contributed by atoms with Crippen molar-refractivity contribution in [3.8, 4) is 11.3 Å². The molecule has 0 saturated carbocycles. The number of hydrogen-bond acceptors (Lipinski definition) is 6. The molecule has 3 aromatic rings. The molecule has 1 heterocycles. The number of benzene rings is 2. The topological polar surface area (TPSA) is 77.4 Å². The molecule has 5 nitrogen and oxygen atoms in total. The summed E-state index contributed by atoms with van der Waals surface area (Å²) in [7, 11) is 0. The van der Waals surface area contributed by atoms with Crippen LogP contribution in [-0.4, -0.2) is 17.2 Å². The van der Waals surface area contributed by atoms with Crippen molar-refractivity contribution >= 4 is 51.9 Å². The van der Waals surface area contributed by atoms with Crippen LogP contribution >= 0.6 is 34.5 Å². The predicted octanol–water partition coefficient (Wildman–Crippen LogP) is 3.93. The van der Waals surface area contributed by atoms with Gasteiger partial charge in [-0.3, -0.25) is 5.43 Å². The van der Waals surface area contributed by atoms with Crippen molar-refractivity contribution in [2.75, 3.05) is 5.43 Å². The lowest BCUT2D eigenvalue weighted by molar-refractivity contribution is -0.255. The van der Waals surface area contributed by atoms with E-state index < -0.39 is 5.97 Å². The van der Waals surface area contributed by atoms with Gasteiger partial charge in [-0.1, -0.05) is 47.5 Å². The van der Waals surface area contributed by atoms with Crippen LogP contribution in [0.3, 0.4) is 0 Å². The Balaban J connectivity index is 1.68. The Hall–Kier alpha value is -2.41. The van der Waals surface area contributed by atoms with E-state index in [0.29, 0.717) is 15.2 Å². The lowest BCUT2D eigenvalue weighted by atomic mass is 10.1. The highest BCUT2D eigenvalue weighted by atomic mass is 35.5. The minimum Gasteiger partial charge on any atom is -0.545 e. The molecular weight excluding hydrogens is 381 g/mol. The van der Waals surface area contributed by atoms with Crippen LogP contribution < -0.4 is 10.5 Å². The van der Waals surface area contributed by atoms with Crippen molar-refractivity contribution in [1.29, 1.82) is 0 Å². The Labute approximate surface area is 157 Å². The Morgan fingerprint density at radius 2 is 1.96 bits per heavy atom. The Kier molecular flexibility index (Phi) is 5.33. The van der Waals surface area contributed by atoms with E-state index in [9.17, 15) is 9.90 Å². The van der Waals surface area contributed by atoms with Crippen molar-refractivity contribution < 1.29 is 9.90 Å². The number of aromatic carboxylic acids is 1. The maximum absolute atomic E-state index is 10.7. The second kappa shape index (κ2) is 7.65. The van der Waals surface area contributed by atoms with Crippen LogP contribution in [0.5, 0.6) is 0 Å². The maximum Gasteiger partial charge on any atom is 0.203 e. The molecule has 0 fully saturated rings. The van der Waals surface area contributed by atoms with E-state index in [4.69, 9.17) is 23.2 Å². The molecule has 0 aliphatic rings. The van der Waals surface area contributed by atoms with E-state index in [1.165, 1.54) is 23.5 Å². The molecule has 0 aliphatic carbocycles. The molecule has 126 valence electrons. The molecule has 2 aromatic carbocycles. The zero-order valence-corrected chi connectivity index (χ0v) is 14.9. The van der Waals surface area contributed by atoms with Crippen LogP contribution in [0.2, 0.25) is 10.0 Å². The molecule has 3 rings (SSSR count). The smallest absolute Gasteiger partial charge is 0.203 e. The molecule has 0 unspecified atom stereocenters. The number of thiazole rings is 1. The summed E-state index contributed by atoms with van der Waals surface area (Å²) in [5.74, 6) is -1.21. The first-order valence-electron chi connectivity index (χ1n) is 7.04. The summed E-state index contributed by atoms with van der Waals surface area (Å²) in [6.45, 7) is 0. The van der Waals surface area contributed by atoms with Gasteiger partial charge in [-0.05, 0) is 29.3 Å². The second-order valence-electron chi connectivity index (χ2n) is 4.94. The van der Waals surface area contributed by atoms with Gasteiger partial charge in [-0.2, -0.15) is 5.10 Å². The normalized spacial score (nSPS) is 11.0. The Morgan fingerprint density at radius 1 is 1.20 bits per heavy atom. The molecule has 0 bridgehead atoms. The number of rotatable bonds is 5. The van der Waals surface area contributed by atoms with Gasteiger partial charge in [-0.25, -0.2) is 4.98 Å². The SMILES string of the molecule is O=C([O-])c1ccc(/C=N\Nc2nc(-c3ccc(Cl)cc3Cl)cs2)cc1. The van der Waals surface area contributed by atoms with Crippen LogP contribution in [0.1, 0.15) is 15.9 Å². The van der Waals surface area contributed by atoms with E-state index in [2.05, 4.69) is 15.5 Å². The highest BCUT2D eigenvalue weighted by Gasteiger charge is 2.08. The van der Waals surface area contributed by atoms with Gasteiger partial charge in [0.25, 0.3) is 0 Å². The number of carbonyl (C=O) groups excluding carboxylic acids is 1. The van der Waals surface area contributed by atoms with E-state index in [1.807, 2.05) is 11.4 Å². The quantitative estimate of drug-likeness (QED) is 0.528. The summed E-state index contributed by atoms with van der Waals surface area (Å²) < 4.78 is 0. The van der Waals surface area contributed by atoms with Gasteiger partial charge in [0, 0.05) is 16.0 Å². The minimum absolute atomic E-state index is 0.120. The van der Waals surface area contributed by atoms with Crippen molar-refractivity contribution in [3.63, 3.8) is 0 Å². The summed E-state index contributed by atoms with van der Waals surface area (Å²) in [4.78, 5) is 15.1. The molecule has 1 N–H and O–H groups in total. The minimum atomic E-state index is -1.21. The number of halogens is 2. The number of nitrogens with zero attached hydrogens (tertiary/aromatic N) is 2. The number of aromatic nitrogens is 1. The van der Waals surface area contributed by atoms with Gasteiger partial charge < -0.3 is 9.90 Å². The molecule has 0 amide bonds. The number of anilines is 1. The van der Waals surface area contributed by atoms with Crippen LogP contribution in [0, 0.1) is 0 Å². The maximum atomic E-state index is 10.7. The van der Waals surface area contributed by atoms with Gasteiger partial charge in [0.2, 0.25) is 5.13 Å². The van der Waals surface area contributed by atoms with E-state index >= 15 is 0 Å². The van der Waals surface area contributed by atoms with Crippen molar-refractivity contribution in [2.24, 2.45) is 5.10 Å². The number of hydrogen-bond donors (Lipinski definition) is 1. The van der Waals surface area contributed by atoms with Crippen LogP contribution in [0.15, 0.2) is 52.9 Å². The molecule has 25 heavy (non-hydrogen) atoms. The van der Waals surface area contributed by atoms with Gasteiger partial charge in [-0.15, -0.1) is 11.3 Å². The lowest BCUT2D eigenvalue weighted by Crippen LogP contribution is -2.21. The fourth-order valence-corrected chi connectivity index (χ4v) is 3.18. The van der Waals surface area contributed by atoms with Crippen LogP contribution in [0.4, 0.5) is 5.13 Å². The largest absolute Gasteiger partial charge is 0.545 e. The molecule has 8 heteroatoms. The first kappa shape index (κ1) is 17.4. The van der Waals surface area contributed by atoms with Gasteiger partial charge in [0.1, 0.15) is 0 Å². The zero-order valence-electron chi connectivity index (χ0n) is 12.6. The number of carboxylic acids is 1. The Bertz CT molecular complexity index is 939. The lowest BCUT2D eigenvalue weighted by Gasteiger charge is -2.01. The highest BCUT2D eigenvalue weighted by Crippen LogP contribution is 2.32. The van der Waals surface area contributed by atoms with E-state index in [1.54, 1.807) is 30.5 Å². The molecule has 0 radical (unpaired) electrons. The third kappa shape index (κ3) is 4.36. The molecule has 1 aromatic heterocycles. The van der Waals surface area contributed by atoms with Crippen molar-refractivity contribution in [2.45, 2.75) is 0 Å². The fourth-order valence-electron chi connectivity index (χ4n) is 2.01. The Morgan fingerprint density at radius 3 is 2.64 bits per heavy atom. The van der Waals surface area contributed by atoms with Crippen LogP contribution in [0.25, 0.3) is 11.3 Å². The van der Waals surface area contributed by atoms with Gasteiger partial charge >= 0.3 is 0 Å². The monoisotopic (exact) mass is 390 g/mol. The average molecular weight is 391 g/mol. The summed E-state index contributed by atoms with van der Waals surface area (Å²) in [6.07, 6.45) is 1.56. The summed E-state index contributed by atoms with van der Waals surface area (Å²) >= 11 is 13.5. The first-order chi connectivity index (χ1) is 12.0. The number of carboxylic acid groups (broad SMARTS) is 1. The number of hydrazone groups is 1. The number of nitrogens with one attached hydrogen (secondary N) is 1. The molecule has 0 saturated heterocycles. The fraction of sp³-hybridized carbons (Fsp3) is 0.